The van der Waals surface area contributed by atoms with Crippen LogP contribution in [0.1, 0.15) is 64.7 Å². The monoisotopic (exact) mass is 497 g/mol. The molecule has 1 saturated carbocycles. The molecule has 9 heteroatoms. The number of primary amides is 1. The van der Waals surface area contributed by atoms with E-state index in [1.54, 1.807) is 16.7 Å². The first-order valence-corrected chi connectivity index (χ1v) is 13.3. The average Bonchev–Trinajstić information content (AvgIpc) is 3.14. The van der Waals surface area contributed by atoms with Crippen molar-refractivity contribution in [3.05, 3.63) is 30.3 Å². The van der Waals surface area contributed by atoms with Gasteiger partial charge in [-0.1, -0.05) is 44.4 Å². The van der Waals surface area contributed by atoms with Crippen LogP contribution in [0.25, 0.3) is 0 Å². The number of piperidine rings is 1. The third-order valence-electron chi connectivity index (χ3n) is 8.11. The van der Waals surface area contributed by atoms with Crippen LogP contribution in [-0.2, 0) is 19.2 Å². The predicted octanol–water partition coefficient (Wildman–Crippen LogP) is 2.00. The molecule has 0 unspecified atom stereocenters. The molecule has 2 saturated heterocycles. The summed E-state index contributed by atoms with van der Waals surface area (Å²) in [5, 5.41) is 3.13. The zero-order valence-corrected chi connectivity index (χ0v) is 21.3. The van der Waals surface area contributed by atoms with Gasteiger partial charge in [0, 0.05) is 37.2 Å². The van der Waals surface area contributed by atoms with Crippen molar-refractivity contribution in [1.29, 1.82) is 0 Å². The van der Waals surface area contributed by atoms with Gasteiger partial charge in [-0.25, -0.2) is 0 Å². The van der Waals surface area contributed by atoms with Crippen molar-refractivity contribution in [2.45, 2.75) is 76.3 Å². The van der Waals surface area contributed by atoms with Crippen molar-refractivity contribution in [3.8, 4) is 0 Å². The molecular weight excluding hydrogens is 458 g/mol. The largest absolute Gasteiger partial charge is 0.369 e. The maximum absolute atomic E-state index is 13.8. The molecule has 0 bridgehead atoms. The highest BCUT2D eigenvalue weighted by molar-refractivity contribution is 5.96. The Hall–Kier alpha value is -3.10. The summed E-state index contributed by atoms with van der Waals surface area (Å²) < 4.78 is 0. The highest BCUT2D eigenvalue weighted by Crippen LogP contribution is 2.39. The number of nitrogens with zero attached hydrogens (tertiary/aromatic N) is 3. The van der Waals surface area contributed by atoms with E-state index in [2.05, 4.69) is 10.2 Å². The molecular formula is C27H39N5O4. The molecule has 3 aliphatic rings. The van der Waals surface area contributed by atoms with E-state index in [1.807, 2.05) is 30.3 Å². The lowest BCUT2D eigenvalue weighted by Crippen LogP contribution is -2.57. The molecule has 0 radical (unpaired) electrons. The number of hydrogen-bond acceptors (Lipinski definition) is 5. The Morgan fingerprint density at radius 1 is 1.08 bits per heavy atom. The summed E-state index contributed by atoms with van der Waals surface area (Å²) in [7, 11) is 0. The smallest absolute Gasteiger partial charge is 0.250 e. The molecule has 3 fully saturated rings. The van der Waals surface area contributed by atoms with Gasteiger partial charge in [0.25, 0.3) is 5.91 Å². The highest BCUT2D eigenvalue weighted by Gasteiger charge is 2.54. The Labute approximate surface area is 213 Å². The molecule has 1 aromatic rings. The standard InChI is InChI=1S/C27H39N5O4/c1-20(25(28)35)12-13-24(34)30-16-14-27(15-17-30)26(36)31(19-32(27)22-10-6-3-7-11-22)18-23(33)29-21-8-4-2-5-9-21/h3,6-7,10-11,20-21H,2,4-5,8-9,12-19H2,1H3,(H2,28,35)(H,29,33)/t20-/m1/s1. The van der Waals surface area contributed by atoms with Crippen LogP contribution in [0.3, 0.4) is 0 Å². The topological polar surface area (TPSA) is 116 Å². The zero-order chi connectivity index (χ0) is 25.7. The van der Waals surface area contributed by atoms with Crippen molar-refractivity contribution < 1.29 is 19.2 Å². The number of nitrogens with one attached hydrogen (secondary N) is 1. The predicted molar refractivity (Wildman–Crippen MR) is 137 cm³/mol. The van der Waals surface area contributed by atoms with Gasteiger partial charge in [-0.2, -0.15) is 0 Å². The second-order valence-corrected chi connectivity index (χ2v) is 10.6. The molecule has 2 aliphatic heterocycles. The van der Waals surface area contributed by atoms with Gasteiger partial charge in [-0.05, 0) is 44.2 Å². The maximum atomic E-state index is 13.8. The Kier molecular flexibility index (Phi) is 8.16. The lowest BCUT2D eigenvalue weighted by atomic mass is 9.85. The van der Waals surface area contributed by atoms with Crippen LogP contribution in [0.2, 0.25) is 0 Å². The van der Waals surface area contributed by atoms with Crippen LogP contribution in [0.5, 0.6) is 0 Å². The first-order valence-electron chi connectivity index (χ1n) is 13.3. The van der Waals surface area contributed by atoms with Gasteiger partial charge in [0.1, 0.15) is 12.1 Å². The van der Waals surface area contributed by atoms with E-state index in [0.29, 0.717) is 39.0 Å². The maximum Gasteiger partial charge on any atom is 0.250 e. The Morgan fingerprint density at radius 3 is 2.39 bits per heavy atom. The molecule has 1 spiro atoms. The number of rotatable bonds is 8. The van der Waals surface area contributed by atoms with E-state index < -0.39 is 11.4 Å². The van der Waals surface area contributed by atoms with Crippen molar-refractivity contribution in [3.63, 3.8) is 0 Å². The molecule has 196 valence electrons. The van der Waals surface area contributed by atoms with Crippen LogP contribution >= 0.6 is 0 Å². The normalized spacial score (nSPS) is 21.0. The summed E-state index contributed by atoms with van der Waals surface area (Å²) in [6.07, 6.45) is 7.18. The van der Waals surface area contributed by atoms with Crippen LogP contribution in [0, 0.1) is 5.92 Å². The van der Waals surface area contributed by atoms with Crippen LogP contribution < -0.4 is 16.0 Å². The van der Waals surface area contributed by atoms with Crippen LogP contribution in [0.4, 0.5) is 5.69 Å². The number of para-hydroxylation sites is 1. The average molecular weight is 498 g/mol. The van der Waals surface area contributed by atoms with E-state index in [9.17, 15) is 19.2 Å². The molecule has 1 aliphatic carbocycles. The fourth-order valence-electron chi connectivity index (χ4n) is 5.78. The van der Waals surface area contributed by atoms with Crippen molar-refractivity contribution in [1.82, 2.24) is 15.1 Å². The zero-order valence-electron chi connectivity index (χ0n) is 21.3. The lowest BCUT2D eigenvalue weighted by Gasteiger charge is -2.43. The van der Waals surface area contributed by atoms with Crippen LogP contribution in [0.15, 0.2) is 30.3 Å². The quantitative estimate of drug-likeness (QED) is 0.570. The number of likely N-dealkylation sites (tertiary alicyclic amines) is 1. The molecule has 36 heavy (non-hydrogen) atoms. The number of hydrogen-bond donors (Lipinski definition) is 2. The van der Waals surface area contributed by atoms with Gasteiger partial charge in [-0.3, -0.25) is 19.2 Å². The molecule has 4 amide bonds. The summed E-state index contributed by atoms with van der Waals surface area (Å²) in [5.74, 6) is -0.902. The first-order chi connectivity index (χ1) is 17.3. The van der Waals surface area contributed by atoms with Gasteiger partial charge < -0.3 is 25.8 Å². The second-order valence-electron chi connectivity index (χ2n) is 10.6. The Bertz CT molecular complexity index is 954. The van der Waals surface area contributed by atoms with E-state index in [4.69, 9.17) is 5.73 Å². The number of nitrogens with two attached hydrogens (primary N) is 1. The molecule has 9 nitrogen and oxygen atoms in total. The number of benzene rings is 1. The SMILES string of the molecule is C[C@H](CCC(=O)N1CCC2(CC1)C(=O)N(CC(=O)NC1CCCCC1)CN2c1ccccc1)C(N)=O. The third-order valence-corrected chi connectivity index (χ3v) is 8.11. The van der Waals surface area contributed by atoms with Gasteiger partial charge in [0.05, 0.1) is 6.67 Å². The van der Waals surface area contributed by atoms with Crippen LogP contribution in [-0.4, -0.2) is 71.3 Å². The van der Waals surface area contributed by atoms with Crippen molar-refractivity contribution >= 4 is 29.3 Å². The minimum Gasteiger partial charge on any atom is -0.369 e. The fraction of sp³-hybridized carbons (Fsp3) is 0.630. The van der Waals surface area contributed by atoms with Gasteiger partial charge in [-0.15, -0.1) is 0 Å². The highest BCUT2D eigenvalue weighted by atomic mass is 16.2. The summed E-state index contributed by atoms with van der Waals surface area (Å²) in [6.45, 7) is 3.05. The first kappa shape index (κ1) is 26.0. The van der Waals surface area contributed by atoms with E-state index in [-0.39, 0.29) is 42.6 Å². The molecule has 1 aromatic carbocycles. The van der Waals surface area contributed by atoms with Gasteiger partial charge in [0.2, 0.25) is 17.7 Å². The molecule has 2 heterocycles. The van der Waals surface area contributed by atoms with Crippen molar-refractivity contribution in [2.24, 2.45) is 11.7 Å². The molecule has 4 rings (SSSR count). The number of carbonyl (C=O) groups excluding carboxylic acids is 4. The summed E-state index contributed by atoms with van der Waals surface area (Å²) in [5.41, 5.74) is 5.49. The minimum absolute atomic E-state index is 0.0154. The fourth-order valence-corrected chi connectivity index (χ4v) is 5.78. The van der Waals surface area contributed by atoms with E-state index in [1.165, 1.54) is 6.42 Å². The summed E-state index contributed by atoms with van der Waals surface area (Å²) in [6, 6.07) is 10.0. The molecule has 0 aromatic heterocycles. The summed E-state index contributed by atoms with van der Waals surface area (Å²) in [4.78, 5) is 56.3. The number of carbonyl (C=O) groups is 4. The van der Waals surface area contributed by atoms with Gasteiger partial charge in [0.15, 0.2) is 0 Å². The molecule has 3 N–H and O–H groups in total. The lowest BCUT2D eigenvalue weighted by molar-refractivity contribution is -0.140. The number of amides is 4. The van der Waals surface area contributed by atoms with E-state index >= 15 is 0 Å². The second kappa shape index (κ2) is 11.3. The number of anilines is 1. The Morgan fingerprint density at radius 2 is 1.75 bits per heavy atom. The van der Waals surface area contributed by atoms with Crippen molar-refractivity contribution in [2.75, 3.05) is 31.2 Å². The van der Waals surface area contributed by atoms with Gasteiger partial charge >= 0.3 is 0 Å². The summed E-state index contributed by atoms with van der Waals surface area (Å²) >= 11 is 0. The Balaban J connectivity index is 1.43. The third kappa shape index (κ3) is 5.65. The van der Waals surface area contributed by atoms with E-state index in [0.717, 1.165) is 31.4 Å². The minimum atomic E-state index is -0.774. The molecule has 1 atom stereocenters.